The van der Waals surface area contributed by atoms with Crippen molar-refractivity contribution in [1.29, 1.82) is 5.26 Å². The van der Waals surface area contributed by atoms with Gasteiger partial charge in [-0.3, -0.25) is 4.79 Å². The average molecular weight is 459 g/mol. The van der Waals surface area contributed by atoms with Gasteiger partial charge >= 0.3 is 6.09 Å². The number of carbonyl (C=O) groups is 1. The quantitative estimate of drug-likeness (QED) is 0.746. The molecular weight excluding hydrogens is 430 g/mol. The zero-order chi connectivity index (χ0) is 24.1. The van der Waals surface area contributed by atoms with Gasteiger partial charge in [0, 0.05) is 24.4 Å². The highest BCUT2D eigenvalue weighted by Gasteiger charge is 2.41. The molecule has 9 heteroatoms. The van der Waals surface area contributed by atoms with Crippen molar-refractivity contribution in [3.05, 3.63) is 39.4 Å². The number of hydrogen-bond donors (Lipinski definition) is 1. The zero-order valence-corrected chi connectivity index (χ0v) is 19.3. The third kappa shape index (κ3) is 4.52. The van der Waals surface area contributed by atoms with Crippen molar-refractivity contribution in [2.24, 2.45) is 0 Å². The molecule has 2 aromatic rings. The third-order valence-corrected chi connectivity index (χ3v) is 6.08. The molecule has 1 aliphatic carbocycles. The molecule has 1 aliphatic heterocycles. The van der Waals surface area contributed by atoms with Crippen LogP contribution in [0.5, 0.6) is 0 Å². The Kier molecular flexibility index (Phi) is 5.59. The molecule has 2 heterocycles. The molecule has 1 aromatic carbocycles. The summed E-state index contributed by atoms with van der Waals surface area (Å²) in [5.41, 5.74) is -1.45. The van der Waals surface area contributed by atoms with Gasteiger partial charge in [0.15, 0.2) is 0 Å². The summed E-state index contributed by atoms with van der Waals surface area (Å²) in [5.74, 6) is -0.533. The molecule has 33 heavy (non-hydrogen) atoms. The number of amides is 1. The number of alkyl halides is 1. The highest BCUT2D eigenvalue weighted by molar-refractivity contribution is 5.89. The van der Waals surface area contributed by atoms with E-state index in [0.29, 0.717) is 16.5 Å². The molecule has 7 nitrogen and oxygen atoms in total. The summed E-state index contributed by atoms with van der Waals surface area (Å²) in [7, 11) is 0. The molecule has 1 aromatic heterocycles. The SMILES string of the molecule is Cc1c(N2CCC(F)(CNC(=O)OC(C)(C)C)C2)c(F)cc2cc(C#N)c(=O)n(C3CC3)c12. The highest BCUT2D eigenvalue weighted by atomic mass is 19.1. The maximum absolute atomic E-state index is 15.5. The summed E-state index contributed by atoms with van der Waals surface area (Å²) in [5, 5.41) is 12.3. The zero-order valence-electron chi connectivity index (χ0n) is 19.3. The summed E-state index contributed by atoms with van der Waals surface area (Å²) in [4.78, 5) is 26.4. The second-order valence-corrected chi connectivity index (χ2v) is 10.0. The molecule has 0 radical (unpaired) electrons. The number of nitrogens with one attached hydrogen (secondary N) is 1. The van der Waals surface area contributed by atoms with Crippen molar-refractivity contribution in [3.8, 4) is 6.07 Å². The number of benzene rings is 1. The Bertz CT molecular complexity index is 1220. The van der Waals surface area contributed by atoms with Gasteiger partial charge in [0.25, 0.3) is 5.56 Å². The van der Waals surface area contributed by atoms with Crippen molar-refractivity contribution < 1.29 is 18.3 Å². The fraction of sp³-hybridized carbons (Fsp3) is 0.542. The molecule has 1 atom stereocenters. The lowest BCUT2D eigenvalue weighted by Crippen LogP contribution is -2.43. The van der Waals surface area contributed by atoms with Gasteiger partial charge in [0.05, 0.1) is 24.3 Å². The summed E-state index contributed by atoms with van der Waals surface area (Å²) in [6, 6.07) is 4.63. The second kappa shape index (κ2) is 8.01. The molecule has 1 saturated carbocycles. The topological polar surface area (TPSA) is 87.4 Å². The predicted molar refractivity (Wildman–Crippen MR) is 121 cm³/mol. The maximum atomic E-state index is 15.5. The molecule has 2 fully saturated rings. The van der Waals surface area contributed by atoms with Gasteiger partial charge in [0.2, 0.25) is 0 Å². The summed E-state index contributed by atoms with van der Waals surface area (Å²) < 4.78 is 37.5. The Labute approximate surface area is 190 Å². The first-order valence-electron chi connectivity index (χ1n) is 11.1. The first-order valence-corrected chi connectivity index (χ1v) is 11.1. The molecule has 0 bridgehead atoms. The minimum absolute atomic E-state index is 0.0119. The molecule has 2 aliphatic rings. The molecular formula is C24H28F2N4O3. The van der Waals surface area contributed by atoms with E-state index in [2.05, 4.69) is 5.32 Å². The van der Waals surface area contributed by atoms with E-state index < -0.39 is 23.2 Å². The number of hydrogen-bond acceptors (Lipinski definition) is 5. The molecule has 1 saturated heterocycles. The van der Waals surface area contributed by atoms with E-state index in [4.69, 9.17) is 4.74 Å². The number of anilines is 1. The van der Waals surface area contributed by atoms with Crippen molar-refractivity contribution in [2.45, 2.75) is 64.3 Å². The number of fused-ring (bicyclic) bond motifs is 1. The van der Waals surface area contributed by atoms with Gasteiger partial charge in [-0.15, -0.1) is 0 Å². The summed E-state index contributed by atoms with van der Waals surface area (Å²) >= 11 is 0. The number of pyridine rings is 1. The highest BCUT2D eigenvalue weighted by Crippen LogP contribution is 2.41. The fourth-order valence-corrected chi connectivity index (χ4v) is 4.52. The van der Waals surface area contributed by atoms with Crippen LogP contribution in [0, 0.1) is 24.1 Å². The van der Waals surface area contributed by atoms with E-state index >= 15 is 8.78 Å². The Morgan fingerprint density at radius 1 is 1.36 bits per heavy atom. The number of rotatable bonds is 4. The van der Waals surface area contributed by atoms with Gasteiger partial charge in [-0.05, 0) is 58.2 Å². The van der Waals surface area contributed by atoms with E-state index in [9.17, 15) is 14.9 Å². The van der Waals surface area contributed by atoms with Crippen LogP contribution in [0.15, 0.2) is 16.9 Å². The number of aryl methyl sites for hydroxylation is 1. The van der Waals surface area contributed by atoms with Crippen LogP contribution in [0.2, 0.25) is 0 Å². The Morgan fingerprint density at radius 2 is 2.06 bits per heavy atom. The molecule has 176 valence electrons. The number of aromatic nitrogens is 1. The molecule has 4 rings (SSSR count). The van der Waals surface area contributed by atoms with Gasteiger partial charge in [-0.25, -0.2) is 13.6 Å². The first-order chi connectivity index (χ1) is 15.4. The molecule has 0 spiro atoms. The Morgan fingerprint density at radius 3 is 2.67 bits per heavy atom. The lowest BCUT2D eigenvalue weighted by atomic mass is 10.0. The number of ether oxygens (including phenoxy) is 1. The summed E-state index contributed by atoms with van der Waals surface area (Å²) in [6.07, 6.45) is 1.06. The van der Waals surface area contributed by atoms with E-state index in [0.717, 1.165) is 12.8 Å². The van der Waals surface area contributed by atoms with Gasteiger partial charge < -0.3 is 19.5 Å². The third-order valence-electron chi connectivity index (χ3n) is 6.08. The lowest BCUT2D eigenvalue weighted by Gasteiger charge is -2.26. The van der Waals surface area contributed by atoms with E-state index in [-0.39, 0.29) is 48.9 Å². The summed E-state index contributed by atoms with van der Waals surface area (Å²) in [6.45, 7) is 6.81. The van der Waals surface area contributed by atoms with E-state index in [1.54, 1.807) is 37.2 Å². The lowest BCUT2D eigenvalue weighted by molar-refractivity contribution is 0.0486. The smallest absolute Gasteiger partial charge is 0.407 e. The number of halogens is 2. The van der Waals surface area contributed by atoms with Crippen molar-refractivity contribution in [2.75, 3.05) is 24.5 Å². The van der Waals surface area contributed by atoms with Crippen LogP contribution >= 0.6 is 0 Å². The van der Waals surface area contributed by atoms with E-state index in [1.165, 1.54) is 12.1 Å². The molecule has 1 N–H and O–H groups in total. The second-order valence-electron chi connectivity index (χ2n) is 10.0. The first kappa shape index (κ1) is 23.0. The van der Waals surface area contributed by atoms with Crippen molar-refractivity contribution in [3.63, 3.8) is 0 Å². The van der Waals surface area contributed by atoms with Crippen LogP contribution in [0.3, 0.4) is 0 Å². The van der Waals surface area contributed by atoms with Crippen LogP contribution < -0.4 is 15.8 Å². The maximum Gasteiger partial charge on any atom is 0.407 e. The largest absolute Gasteiger partial charge is 0.444 e. The van der Waals surface area contributed by atoms with Crippen LogP contribution in [-0.4, -0.2) is 41.6 Å². The van der Waals surface area contributed by atoms with Gasteiger partial charge in [0.1, 0.15) is 28.7 Å². The van der Waals surface area contributed by atoms with Crippen LogP contribution in [-0.2, 0) is 4.74 Å². The predicted octanol–water partition coefficient (Wildman–Crippen LogP) is 4.10. The van der Waals surface area contributed by atoms with Crippen molar-refractivity contribution in [1.82, 2.24) is 9.88 Å². The number of alkyl carbamates (subject to hydrolysis) is 1. The molecule has 1 amide bonds. The number of nitrogens with zero attached hydrogens (tertiary/aromatic N) is 3. The average Bonchev–Trinajstić information content (AvgIpc) is 3.48. The van der Waals surface area contributed by atoms with Crippen LogP contribution in [0.4, 0.5) is 19.3 Å². The molecule has 1 unspecified atom stereocenters. The number of carbonyl (C=O) groups excluding carboxylic acids is 1. The van der Waals surface area contributed by atoms with Crippen molar-refractivity contribution >= 4 is 22.7 Å². The minimum Gasteiger partial charge on any atom is -0.444 e. The van der Waals surface area contributed by atoms with Gasteiger partial charge in [-0.2, -0.15) is 5.26 Å². The normalized spacial score (nSPS) is 20.7. The standard InChI is InChI=1S/C24H28F2N4O3/c1-14-19-15(9-16(11-27)21(31)30(19)17-5-6-17)10-18(25)20(14)29-8-7-24(26,13-29)12-28-22(32)33-23(2,3)4/h9-10,17H,5-8,12-13H2,1-4H3,(H,28,32). The Hall–Kier alpha value is -3.15. The van der Waals surface area contributed by atoms with E-state index in [1.807, 2.05) is 6.07 Å². The fourth-order valence-electron chi connectivity index (χ4n) is 4.52. The van der Waals surface area contributed by atoms with Crippen LogP contribution in [0.1, 0.15) is 57.2 Å². The monoisotopic (exact) mass is 458 g/mol. The number of nitriles is 1. The minimum atomic E-state index is -1.74. The Balaban J connectivity index is 1.64. The van der Waals surface area contributed by atoms with Gasteiger partial charge in [-0.1, -0.05) is 0 Å². The van der Waals surface area contributed by atoms with Crippen LogP contribution in [0.25, 0.3) is 10.9 Å².